The number of benzene rings is 2. The highest BCUT2D eigenvalue weighted by atomic mass is 16.5. The Labute approximate surface area is 150 Å². The summed E-state index contributed by atoms with van der Waals surface area (Å²) in [7, 11) is 1.68. The molecule has 0 aromatic heterocycles. The molecule has 0 saturated heterocycles. The van der Waals surface area contributed by atoms with Crippen molar-refractivity contribution in [3.63, 3.8) is 0 Å². The van der Waals surface area contributed by atoms with Gasteiger partial charge in [-0.25, -0.2) is 4.99 Å². The zero-order valence-corrected chi connectivity index (χ0v) is 15.1. The Kier molecular flexibility index (Phi) is 8.18. The van der Waals surface area contributed by atoms with Crippen LogP contribution in [0.1, 0.15) is 18.9 Å². The van der Waals surface area contributed by atoms with E-state index in [1.165, 1.54) is 0 Å². The van der Waals surface area contributed by atoms with Crippen molar-refractivity contribution in [1.82, 2.24) is 10.6 Å². The van der Waals surface area contributed by atoms with Crippen LogP contribution in [0.5, 0.6) is 5.75 Å². The zero-order valence-electron chi connectivity index (χ0n) is 15.1. The van der Waals surface area contributed by atoms with Crippen molar-refractivity contribution >= 4 is 11.6 Å². The minimum absolute atomic E-state index is 0.620. The number of guanidine groups is 1. The predicted molar refractivity (Wildman–Crippen MR) is 105 cm³/mol. The first-order valence-corrected chi connectivity index (χ1v) is 8.76. The molecular weight excluding hydrogens is 312 g/mol. The molecule has 0 fully saturated rings. The lowest BCUT2D eigenvalue weighted by Gasteiger charge is -2.12. The van der Waals surface area contributed by atoms with Gasteiger partial charge in [-0.3, -0.25) is 0 Å². The van der Waals surface area contributed by atoms with Crippen LogP contribution >= 0.6 is 0 Å². The maximum Gasteiger partial charge on any atom is 0.191 e. The molecule has 0 aliphatic carbocycles. The number of methoxy groups -OCH3 is 1. The number of aliphatic imine (C=N–C) groups is 1. The minimum atomic E-state index is 0.620. The smallest absolute Gasteiger partial charge is 0.191 e. The first-order valence-electron chi connectivity index (χ1n) is 8.76. The summed E-state index contributed by atoms with van der Waals surface area (Å²) in [6, 6.07) is 18.2. The molecule has 0 saturated carbocycles. The summed E-state index contributed by atoms with van der Waals surface area (Å²) in [6.45, 7) is 5.32. The lowest BCUT2D eigenvalue weighted by molar-refractivity contribution is 0.414. The van der Waals surface area contributed by atoms with Gasteiger partial charge in [-0.2, -0.15) is 0 Å². The Morgan fingerprint density at radius 3 is 2.60 bits per heavy atom. The zero-order chi connectivity index (χ0) is 17.7. The number of nitrogens with one attached hydrogen (secondary N) is 3. The van der Waals surface area contributed by atoms with Crippen LogP contribution in [0.2, 0.25) is 0 Å². The normalized spacial score (nSPS) is 11.0. The maximum atomic E-state index is 5.25. The molecule has 5 nitrogen and oxygen atoms in total. The number of rotatable bonds is 9. The van der Waals surface area contributed by atoms with Crippen LogP contribution in [0.3, 0.4) is 0 Å². The summed E-state index contributed by atoms with van der Waals surface area (Å²) < 4.78 is 5.25. The second-order valence-corrected chi connectivity index (χ2v) is 5.62. The highest BCUT2D eigenvalue weighted by molar-refractivity contribution is 5.79. The van der Waals surface area contributed by atoms with Gasteiger partial charge in [0.2, 0.25) is 0 Å². The van der Waals surface area contributed by atoms with Crippen LogP contribution < -0.4 is 20.7 Å². The molecule has 0 aliphatic heterocycles. The molecule has 0 aliphatic rings. The second-order valence-electron chi connectivity index (χ2n) is 5.62. The molecular formula is C20H28N4O. The van der Waals surface area contributed by atoms with E-state index in [4.69, 9.17) is 4.74 Å². The lowest BCUT2D eigenvalue weighted by Crippen LogP contribution is -2.38. The van der Waals surface area contributed by atoms with Crippen molar-refractivity contribution in [3.8, 4) is 5.75 Å². The average molecular weight is 340 g/mol. The van der Waals surface area contributed by atoms with E-state index in [0.717, 1.165) is 49.0 Å². The number of ether oxygens (including phenoxy) is 1. The molecule has 2 aromatic rings. The number of anilines is 1. The van der Waals surface area contributed by atoms with E-state index in [2.05, 4.69) is 46.1 Å². The Morgan fingerprint density at radius 2 is 1.84 bits per heavy atom. The van der Waals surface area contributed by atoms with E-state index in [0.29, 0.717) is 6.54 Å². The van der Waals surface area contributed by atoms with Crippen LogP contribution in [-0.4, -0.2) is 32.7 Å². The molecule has 0 unspecified atom stereocenters. The first kappa shape index (κ1) is 18.6. The molecule has 5 heteroatoms. The van der Waals surface area contributed by atoms with E-state index in [9.17, 15) is 0 Å². The molecule has 2 rings (SSSR count). The van der Waals surface area contributed by atoms with Crippen LogP contribution in [0, 0.1) is 0 Å². The Balaban J connectivity index is 1.75. The van der Waals surface area contributed by atoms with Gasteiger partial charge in [-0.1, -0.05) is 30.3 Å². The molecule has 0 radical (unpaired) electrons. The molecule has 0 amide bonds. The van der Waals surface area contributed by atoms with Crippen LogP contribution in [0.25, 0.3) is 0 Å². The highest BCUT2D eigenvalue weighted by Gasteiger charge is 1.99. The standard InChI is InChI=1S/C20H28N4O/c1-3-21-20(24-16-17-9-7-12-19(15-17)25-2)23-14-8-13-22-18-10-5-4-6-11-18/h4-7,9-12,15,22H,3,8,13-14,16H2,1-2H3,(H2,21,23,24). The minimum Gasteiger partial charge on any atom is -0.497 e. The molecule has 0 spiro atoms. The van der Waals surface area contributed by atoms with Gasteiger partial charge in [0.15, 0.2) is 5.96 Å². The Hall–Kier alpha value is -2.69. The summed E-state index contributed by atoms with van der Waals surface area (Å²) in [4.78, 5) is 4.63. The van der Waals surface area contributed by atoms with Crippen molar-refractivity contribution in [2.24, 2.45) is 4.99 Å². The van der Waals surface area contributed by atoms with Crippen molar-refractivity contribution in [2.75, 3.05) is 32.1 Å². The third-order valence-electron chi connectivity index (χ3n) is 3.65. The third-order valence-corrected chi connectivity index (χ3v) is 3.65. The first-order chi connectivity index (χ1) is 12.3. The van der Waals surface area contributed by atoms with E-state index in [-0.39, 0.29) is 0 Å². The molecule has 2 aromatic carbocycles. The third kappa shape index (κ3) is 7.16. The number of hydrogen-bond donors (Lipinski definition) is 3. The average Bonchev–Trinajstić information content (AvgIpc) is 2.66. The summed E-state index contributed by atoms with van der Waals surface area (Å²) in [5.41, 5.74) is 2.28. The van der Waals surface area contributed by atoms with Crippen LogP contribution in [-0.2, 0) is 6.54 Å². The van der Waals surface area contributed by atoms with E-state index in [1.807, 2.05) is 36.4 Å². The SMILES string of the molecule is CCNC(=NCc1cccc(OC)c1)NCCCNc1ccccc1. The Morgan fingerprint density at radius 1 is 1.00 bits per heavy atom. The van der Waals surface area contributed by atoms with Crippen LogP contribution in [0.15, 0.2) is 59.6 Å². The lowest BCUT2D eigenvalue weighted by atomic mass is 10.2. The molecule has 25 heavy (non-hydrogen) atoms. The van der Waals surface area contributed by atoms with E-state index in [1.54, 1.807) is 7.11 Å². The predicted octanol–water partition coefficient (Wildman–Crippen LogP) is 3.25. The van der Waals surface area contributed by atoms with Gasteiger partial charge < -0.3 is 20.7 Å². The van der Waals surface area contributed by atoms with Gasteiger partial charge in [-0.15, -0.1) is 0 Å². The molecule has 0 bridgehead atoms. The van der Waals surface area contributed by atoms with Gasteiger partial charge in [0.25, 0.3) is 0 Å². The molecule has 0 atom stereocenters. The van der Waals surface area contributed by atoms with Gasteiger partial charge in [-0.05, 0) is 43.2 Å². The van der Waals surface area contributed by atoms with Crippen molar-refractivity contribution in [2.45, 2.75) is 19.9 Å². The summed E-state index contributed by atoms with van der Waals surface area (Å²) in [5.74, 6) is 1.70. The fourth-order valence-corrected chi connectivity index (χ4v) is 2.37. The topological polar surface area (TPSA) is 57.7 Å². The summed E-state index contributed by atoms with van der Waals surface area (Å²) in [5, 5.41) is 10.1. The second kappa shape index (κ2) is 11.0. The van der Waals surface area contributed by atoms with Gasteiger partial charge >= 0.3 is 0 Å². The van der Waals surface area contributed by atoms with E-state index < -0.39 is 0 Å². The van der Waals surface area contributed by atoms with Gasteiger partial charge in [0, 0.05) is 25.3 Å². The number of nitrogens with zero attached hydrogens (tertiary/aromatic N) is 1. The summed E-state index contributed by atoms with van der Waals surface area (Å²) >= 11 is 0. The largest absolute Gasteiger partial charge is 0.497 e. The highest BCUT2D eigenvalue weighted by Crippen LogP contribution is 2.13. The van der Waals surface area contributed by atoms with Gasteiger partial charge in [0.05, 0.1) is 13.7 Å². The molecule has 0 heterocycles. The summed E-state index contributed by atoms with van der Waals surface area (Å²) in [6.07, 6.45) is 1.01. The van der Waals surface area contributed by atoms with Crippen molar-refractivity contribution < 1.29 is 4.74 Å². The monoisotopic (exact) mass is 340 g/mol. The van der Waals surface area contributed by atoms with Crippen molar-refractivity contribution in [1.29, 1.82) is 0 Å². The van der Waals surface area contributed by atoms with Crippen LogP contribution in [0.4, 0.5) is 5.69 Å². The number of para-hydroxylation sites is 1. The fraction of sp³-hybridized carbons (Fsp3) is 0.350. The quantitative estimate of drug-likeness (QED) is 0.373. The number of hydrogen-bond acceptors (Lipinski definition) is 3. The molecule has 134 valence electrons. The van der Waals surface area contributed by atoms with Gasteiger partial charge in [0.1, 0.15) is 5.75 Å². The van der Waals surface area contributed by atoms with E-state index >= 15 is 0 Å². The fourth-order valence-electron chi connectivity index (χ4n) is 2.37. The maximum absolute atomic E-state index is 5.25. The Bertz CT molecular complexity index is 643. The van der Waals surface area contributed by atoms with Crippen molar-refractivity contribution in [3.05, 3.63) is 60.2 Å². The molecule has 3 N–H and O–H groups in total.